The van der Waals surface area contributed by atoms with Gasteiger partial charge in [0.25, 0.3) is 0 Å². The maximum atomic E-state index is 13.3. The number of halogens is 2. The van der Waals surface area contributed by atoms with E-state index in [1.807, 2.05) is 0 Å². The lowest BCUT2D eigenvalue weighted by atomic mass is 10.2. The van der Waals surface area contributed by atoms with Gasteiger partial charge in [0.15, 0.2) is 11.6 Å². The van der Waals surface area contributed by atoms with Gasteiger partial charge in [-0.1, -0.05) is 13.8 Å². The normalized spacial score (nSPS) is 10.8. The standard InChI is InChI=1S/C11H16BrFN2O/c1-8(2)7-16-4-3-14-11-10(13)5-9(12)6-15-11/h5-6,8H,3-4,7H2,1-2H3,(H,14,15). The number of nitrogens with one attached hydrogen (secondary N) is 1. The quantitative estimate of drug-likeness (QED) is 0.818. The van der Waals surface area contributed by atoms with E-state index in [4.69, 9.17) is 4.74 Å². The van der Waals surface area contributed by atoms with Crippen LogP contribution in [-0.2, 0) is 4.74 Å². The molecule has 1 N–H and O–H groups in total. The average Bonchev–Trinajstić information content (AvgIpc) is 2.20. The summed E-state index contributed by atoms with van der Waals surface area (Å²) in [5.41, 5.74) is 0. The highest BCUT2D eigenvalue weighted by molar-refractivity contribution is 9.10. The molecule has 0 fully saturated rings. The number of ether oxygens (including phenoxy) is 1. The van der Waals surface area contributed by atoms with Crippen molar-refractivity contribution in [3.05, 3.63) is 22.6 Å². The first kappa shape index (κ1) is 13.4. The summed E-state index contributed by atoms with van der Waals surface area (Å²) in [6.07, 6.45) is 1.56. The van der Waals surface area contributed by atoms with Crippen LogP contribution < -0.4 is 5.32 Å². The Labute approximate surface area is 104 Å². The molecule has 0 aliphatic heterocycles. The lowest BCUT2D eigenvalue weighted by Crippen LogP contribution is -2.13. The number of anilines is 1. The van der Waals surface area contributed by atoms with Crippen molar-refractivity contribution < 1.29 is 9.13 Å². The Morgan fingerprint density at radius 2 is 2.31 bits per heavy atom. The lowest BCUT2D eigenvalue weighted by molar-refractivity contribution is 0.118. The second-order valence-corrected chi connectivity index (χ2v) is 4.80. The van der Waals surface area contributed by atoms with Crippen LogP contribution in [0.3, 0.4) is 0 Å². The van der Waals surface area contributed by atoms with Gasteiger partial charge in [-0.05, 0) is 27.9 Å². The van der Waals surface area contributed by atoms with Crippen LogP contribution in [0.4, 0.5) is 10.2 Å². The highest BCUT2D eigenvalue weighted by Crippen LogP contribution is 2.15. The molecule has 0 aliphatic rings. The predicted octanol–water partition coefficient (Wildman–Crippen LogP) is 3.07. The third-order valence-corrected chi connectivity index (χ3v) is 2.23. The molecular formula is C11H16BrFN2O. The zero-order valence-corrected chi connectivity index (χ0v) is 11.1. The minimum absolute atomic E-state index is 0.261. The number of rotatable bonds is 6. The Hall–Kier alpha value is -0.680. The Morgan fingerprint density at radius 3 is 2.94 bits per heavy atom. The molecule has 1 aromatic rings. The van der Waals surface area contributed by atoms with Gasteiger partial charge in [0.1, 0.15) is 0 Å². The molecule has 0 aliphatic carbocycles. The smallest absolute Gasteiger partial charge is 0.166 e. The molecule has 0 saturated heterocycles. The minimum atomic E-state index is -0.363. The molecule has 1 heterocycles. The van der Waals surface area contributed by atoms with Crippen LogP contribution >= 0.6 is 15.9 Å². The van der Waals surface area contributed by atoms with Crippen LogP contribution in [0.25, 0.3) is 0 Å². The van der Waals surface area contributed by atoms with Crippen molar-refractivity contribution in [3.8, 4) is 0 Å². The molecule has 0 amide bonds. The van der Waals surface area contributed by atoms with E-state index in [1.165, 1.54) is 6.07 Å². The van der Waals surface area contributed by atoms with Crippen LogP contribution in [0, 0.1) is 11.7 Å². The molecule has 0 radical (unpaired) electrons. The molecule has 5 heteroatoms. The summed E-state index contributed by atoms with van der Waals surface area (Å²) in [4.78, 5) is 3.92. The molecule has 90 valence electrons. The summed E-state index contributed by atoms with van der Waals surface area (Å²) in [5.74, 6) is 0.414. The molecule has 0 aromatic carbocycles. The molecule has 3 nitrogen and oxygen atoms in total. The van der Waals surface area contributed by atoms with Crippen molar-refractivity contribution in [2.45, 2.75) is 13.8 Å². The van der Waals surface area contributed by atoms with Crippen molar-refractivity contribution in [1.82, 2.24) is 4.98 Å². The molecule has 0 bridgehead atoms. The zero-order chi connectivity index (χ0) is 12.0. The first-order chi connectivity index (χ1) is 7.59. The lowest BCUT2D eigenvalue weighted by Gasteiger charge is -2.08. The number of pyridine rings is 1. The van der Waals surface area contributed by atoms with E-state index in [0.717, 1.165) is 6.61 Å². The molecule has 0 unspecified atom stereocenters. The van der Waals surface area contributed by atoms with Crippen LogP contribution in [0.5, 0.6) is 0 Å². The van der Waals surface area contributed by atoms with Gasteiger partial charge in [-0.25, -0.2) is 9.37 Å². The summed E-state index contributed by atoms with van der Waals surface area (Å²) in [6.45, 7) is 6.00. The summed E-state index contributed by atoms with van der Waals surface area (Å²) in [6, 6.07) is 1.38. The Kier molecular flexibility index (Phi) is 5.69. The summed E-state index contributed by atoms with van der Waals surface area (Å²) in [5, 5.41) is 2.88. The van der Waals surface area contributed by atoms with E-state index in [2.05, 4.69) is 40.1 Å². The first-order valence-corrected chi connectivity index (χ1v) is 6.01. The van der Waals surface area contributed by atoms with Crippen LogP contribution in [0.2, 0.25) is 0 Å². The number of hydrogen-bond acceptors (Lipinski definition) is 3. The predicted molar refractivity (Wildman–Crippen MR) is 66.0 cm³/mol. The number of aromatic nitrogens is 1. The molecule has 0 spiro atoms. The maximum absolute atomic E-state index is 13.3. The highest BCUT2D eigenvalue weighted by Gasteiger charge is 2.03. The highest BCUT2D eigenvalue weighted by atomic mass is 79.9. The fraction of sp³-hybridized carbons (Fsp3) is 0.545. The largest absolute Gasteiger partial charge is 0.379 e. The molecule has 1 rings (SSSR count). The van der Waals surface area contributed by atoms with Gasteiger partial charge in [0.2, 0.25) is 0 Å². The van der Waals surface area contributed by atoms with E-state index in [1.54, 1.807) is 6.20 Å². The van der Waals surface area contributed by atoms with Crippen LogP contribution in [0.1, 0.15) is 13.8 Å². The topological polar surface area (TPSA) is 34.1 Å². The monoisotopic (exact) mass is 290 g/mol. The van der Waals surface area contributed by atoms with Gasteiger partial charge in [-0.3, -0.25) is 0 Å². The van der Waals surface area contributed by atoms with Crippen molar-refractivity contribution in [1.29, 1.82) is 0 Å². The second kappa shape index (κ2) is 6.81. The number of nitrogens with zero attached hydrogens (tertiary/aromatic N) is 1. The van der Waals surface area contributed by atoms with E-state index < -0.39 is 0 Å². The zero-order valence-electron chi connectivity index (χ0n) is 9.46. The van der Waals surface area contributed by atoms with Crippen molar-refractivity contribution in [3.63, 3.8) is 0 Å². The van der Waals surface area contributed by atoms with Crippen molar-refractivity contribution in [2.24, 2.45) is 5.92 Å². The molecular weight excluding hydrogens is 275 g/mol. The molecule has 1 aromatic heterocycles. The van der Waals surface area contributed by atoms with E-state index in [0.29, 0.717) is 23.5 Å². The van der Waals surface area contributed by atoms with Gasteiger partial charge in [0, 0.05) is 23.8 Å². The van der Waals surface area contributed by atoms with Gasteiger partial charge in [-0.15, -0.1) is 0 Å². The average molecular weight is 291 g/mol. The maximum Gasteiger partial charge on any atom is 0.166 e. The van der Waals surface area contributed by atoms with Gasteiger partial charge in [-0.2, -0.15) is 0 Å². The van der Waals surface area contributed by atoms with Gasteiger partial charge in [0.05, 0.1) is 6.61 Å². The van der Waals surface area contributed by atoms with Gasteiger partial charge >= 0.3 is 0 Å². The minimum Gasteiger partial charge on any atom is -0.379 e. The third-order valence-electron chi connectivity index (χ3n) is 1.80. The summed E-state index contributed by atoms with van der Waals surface area (Å²) in [7, 11) is 0. The molecule has 16 heavy (non-hydrogen) atoms. The van der Waals surface area contributed by atoms with Crippen LogP contribution in [0.15, 0.2) is 16.7 Å². The number of hydrogen-bond donors (Lipinski definition) is 1. The first-order valence-electron chi connectivity index (χ1n) is 5.22. The summed E-state index contributed by atoms with van der Waals surface area (Å²) < 4.78 is 19.3. The van der Waals surface area contributed by atoms with E-state index in [-0.39, 0.29) is 11.6 Å². The van der Waals surface area contributed by atoms with Gasteiger partial charge < -0.3 is 10.1 Å². The summed E-state index contributed by atoms with van der Waals surface area (Å²) >= 11 is 3.15. The SMILES string of the molecule is CC(C)COCCNc1ncc(Br)cc1F. The Balaban J connectivity index is 2.27. The fourth-order valence-electron chi connectivity index (χ4n) is 1.11. The Morgan fingerprint density at radius 1 is 1.56 bits per heavy atom. The van der Waals surface area contributed by atoms with Crippen molar-refractivity contribution >= 4 is 21.7 Å². The molecule has 0 atom stereocenters. The molecule has 0 saturated carbocycles. The second-order valence-electron chi connectivity index (χ2n) is 3.88. The van der Waals surface area contributed by atoms with E-state index >= 15 is 0 Å². The van der Waals surface area contributed by atoms with Crippen molar-refractivity contribution in [2.75, 3.05) is 25.1 Å². The fourth-order valence-corrected chi connectivity index (χ4v) is 1.41. The third kappa shape index (κ3) is 4.90. The Bertz CT molecular complexity index is 334. The van der Waals surface area contributed by atoms with E-state index in [9.17, 15) is 4.39 Å². The van der Waals surface area contributed by atoms with Crippen LogP contribution in [-0.4, -0.2) is 24.7 Å².